The number of aliphatic carboxylic acids is 1. The van der Waals surface area contributed by atoms with Crippen LogP contribution in [0, 0.1) is 5.92 Å². The van der Waals surface area contributed by atoms with Gasteiger partial charge < -0.3 is 20.5 Å². The number of hydrogen-bond donors (Lipinski definition) is 3. The summed E-state index contributed by atoms with van der Waals surface area (Å²) in [6.45, 7) is 0. The maximum Gasteiger partial charge on any atom is 0.370 e. The van der Waals surface area contributed by atoms with Crippen LogP contribution >= 0.6 is 34.7 Å². The van der Waals surface area contributed by atoms with Crippen molar-refractivity contribution in [1.29, 1.82) is 0 Å². The predicted octanol–water partition coefficient (Wildman–Crippen LogP) is -0.393. The number of thioether (sulfide) groups is 1. The number of aromatic nitrogens is 1. The van der Waals surface area contributed by atoms with Gasteiger partial charge in [0.25, 0.3) is 11.6 Å². The highest BCUT2D eigenvalue weighted by Gasteiger charge is 2.71. The van der Waals surface area contributed by atoms with Gasteiger partial charge in [-0.25, -0.2) is 9.78 Å². The molecule has 3 saturated heterocycles. The number of carbonyl (C=O) groups excluding carboxylic acids is 4. The van der Waals surface area contributed by atoms with E-state index in [2.05, 4.69) is 15.6 Å². The fourth-order valence-corrected chi connectivity index (χ4v) is 6.05. The quantitative estimate of drug-likeness (QED) is 0.284. The summed E-state index contributed by atoms with van der Waals surface area (Å²) in [6.07, 6.45) is -0.199. The standard InChI is InChI=1S/C16H15ClN4O7S2/c17-3-9(23)20-15-18-7(5-30-15)2-8(22)19-11-12(25)21-13(11)29-4-6-1-10(24)28-16(6,21)14(26)27/h5-6,11,13H,1-4H2,(H,19,22)(H,26,27)(H,18,20,23)/t6-,11+,13+,16+/m0/s1. The van der Waals surface area contributed by atoms with Gasteiger partial charge in [0.1, 0.15) is 17.3 Å². The third kappa shape index (κ3) is 3.30. The van der Waals surface area contributed by atoms with Crippen molar-refractivity contribution < 1.29 is 33.8 Å². The molecule has 0 aliphatic carbocycles. The van der Waals surface area contributed by atoms with Crippen LogP contribution in [-0.2, 0) is 35.1 Å². The van der Waals surface area contributed by atoms with Crippen LogP contribution in [0.1, 0.15) is 12.1 Å². The number of nitrogens with zero attached hydrogens (tertiary/aromatic N) is 2. The maximum atomic E-state index is 12.7. The Kier molecular flexibility index (Phi) is 5.36. The fraction of sp³-hybridized carbons (Fsp3) is 0.500. The summed E-state index contributed by atoms with van der Waals surface area (Å²) in [6, 6.07) is -0.923. The van der Waals surface area contributed by atoms with E-state index in [1.807, 2.05) is 0 Å². The Morgan fingerprint density at radius 2 is 2.13 bits per heavy atom. The zero-order valence-corrected chi connectivity index (χ0v) is 17.5. The number of carboxylic acids is 1. The Labute approximate surface area is 182 Å². The highest BCUT2D eigenvalue weighted by Crippen LogP contribution is 2.51. The number of ether oxygens (including phenoxy) is 1. The Morgan fingerprint density at radius 3 is 2.83 bits per heavy atom. The minimum Gasteiger partial charge on any atom is -0.477 e. The molecule has 0 spiro atoms. The Hall–Kier alpha value is -2.38. The molecule has 1 aromatic rings. The Morgan fingerprint density at radius 1 is 1.37 bits per heavy atom. The zero-order chi connectivity index (χ0) is 21.6. The second-order valence-corrected chi connectivity index (χ2v) is 9.13. The smallest absolute Gasteiger partial charge is 0.370 e. The molecule has 3 fully saturated rings. The van der Waals surface area contributed by atoms with Crippen molar-refractivity contribution in [2.75, 3.05) is 16.9 Å². The summed E-state index contributed by atoms with van der Waals surface area (Å²) < 4.78 is 5.10. The van der Waals surface area contributed by atoms with Crippen molar-refractivity contribution in [1.82, 2.24) is 15.2 Å². The van der Waals surface area contributed by atoms with Gasteiger partial charge in [-0.1, -0.05) is 0 Å². The van der Waals surface area contributed by atoms with Gasteiger partial charge in [-0.05, 0) is 0 Å². The summed E-state index contributed by atoms with van der Waals surface area (Å²) in [5, 5.41) is 16.0. The number of amides is 3. The van der Waals surface area contributed by atoms with E-state index in [1.165, 1.54) is 11.8 Å². The minimum atomic E-state index is -2.00. The molecule has 1 aromatic heterocycles. The van der Waals surface area contributed by atoms with Crippen LogP contribution in [0.15, 0.2) is 5.38 Å². The molecule has 30 heavy (non-hydrogen) atoms. The van der Waals surface area contributed by atoms with Gasteiger partial charge in [-0.2, -0.15) is 0 Å². The van der Waals surface area contributed by atoms with Crippen molar-refractivity contribution in [2.45, 2.75) is 30.0 Å². The molecule has 0 unspecified atom stereocenters. The molecule has 4 heterocycles. The van der Waals surface area contributed by atoms with E-state index in [0.29, 0.717) is 16.6 Å². The van der Waals surface area contributed by atoms with Crippen LogP contribution < -0.4 is 10.6 Å². The second-order valence-electron chi connectivity index (χ2n) is 6.86. The molecular weight excluding hydrogens is 460 g/mol. The van der Waals surface area contributed by atoms with E-state index < -0.39 is 52.7 Å². The Bertz CT molecular complexity index is 956. The summed E-state index contributed by atoms with van der Waals surface area (Å²) >= 11 is 7.85. The third-order valence-corrected chi connectivity index (χ3v) is 7.46. The number of esters is 1. The lowest BCUT2D eigenvalue weighted by Crippen LogP contribution is -2.80. The van der Waals surface area contributed by atoms with E-state index in [1.54, 1.807) is 5.38 Å². The van der Waals surface area contributed by atoms with Gasteiger partial charge >= 0.3 is 11.9 Å². The molecule has 0 aromatic carbocycles. The molecule has 14 heteroatoms. The van der Waals surface area contributed by atoms with Gasteiger partial charge in [0.05, 0.1) is 18.5 Å². The van der Waals surface area contributed by atoms with Gasteiger partial charge in [-0.3, -0.25) is 24.1 Å². The summed E-state index contributed by atoms with van der Waals surface area (Å²) in [7, 11) is 0. The number of nitrogens with one attached hydrogen (secondary N) is 2. The number of carboxylic acid groups (broad SMARTS) is 1. The molecule has 3 N–H and O–H groups in total. The van der Waals surface area contributed by atoms with Crippen molar-refractivity contribution in [3.05, 3.63) is 11.1 Å². The molecule has 160 valence electrons. The highest BCUT2D eigenvalue weighted by molar-refractivity contribution is 8.00. The number of thiazole rings is 1. The molecule has 0 bridgehead atoms. The van der Waals surface area contributed by atoms with Crippen LogP contribution in [0.4, 0.5) is 5.13 Å². The molecule has 3 aliphatic rings. The number of rotatable bonds is 6. The van der Waals surface area contributed by atoms with E-state index in [9.17, 15) is 29.1 Å². The normalized spacial score (nSPS) is 29.4. The van der Waals surface area contributed by atoms with Gasteiger partial charge in [0, 0.05) is 17.1 Å². The molecular formula is C16H15ClN4O7S2. The lowest BCUT2D eigenvalue weighted by Gasteiger charge is -2.56. The lowest BCUT2D eigenvalue weighted by atomic mass is 9.89. The summed E-state index contributed by atoms with van der Waals surface area (Å²) in [5.41, 5.74) is -1.61. The molecule has 0 radical (unpaired) electrons. The van der Waals surface area contributed by atoms with Gasteiger partial charge in [0.2, 0.25) is 11.8 Å². The number of hydrogen-bond acceptors (Lipinski definition) is 9. The Balaban J connectivity index is 1.41. The largest absolute Gasteiger partial charge is 0.477 e. The van der Waals surface area contributed by atoms with Crippen LogP contribution in [0.5, 0.6) is 0 Å². The molecule has 3 aliphatic heterocycles. The molecule has 11 nitrogen and oxygen atoms in total. The van der Waals surface area contributed by atoms with E-state index in [-0.39, 0.29) is 18.7 Å². The fourth-order valence-electron chi connectivity index (χ4n) is 3.70. The van der Waals surface area contributed by atoms with Crippen LogP contribution in [0.25, 0.3) is 0 Å². The summed E-state index contributed by atoms with van der Waals surface area (Å²) in [5.74, 6) is -4.12. The zero-order valence-electron chi connectivity index (χ0n) is 15.1. The average Bonchev–Trinajstić information content (AvgIpc) is 3.27. The first-order valence-electron chi connectivity index (χ1n) is 8.76. The van der Waals surface area contributed by atoms with Gasteiger partial charge in [0.15, 0.2) is 5.13 Å². The van der Waals surface area contributed by atoms with Crippen molar-refractivity contribution in [3.63, 3.8) is 0 Å². The highest BCUT2D eigenvalue weighted by atomic mass is 35.5. The lowest BCUT2D eigenvalue weighted by molar-refractivity contribution is -0.216. The third-order valence-electron chi connectivity index (χ3n) is 4.99. The molecule has 4 rings (SSSR count). The number of fused-ring (bicyclic) bond motifs is 3. The maximum absolute atomic E-state index is 12.7. The first-order chi connectivity index (χ1) is 14.3. The van der Waals surface area contributed by atoms with Crippen molar-refractivity contribution in [2.24, 2.45) is 5.92 Å². The van der Waals surface area contributed by atoms with E-state index in [4.69, 9.17) is 16.3 Å². The van der Waals surface area contributed by atoms with Gasteiger partial charge in [-0.15, -0.1) is 34.7 Å². The molecule has 3 amide bonds. The van der Waals surface area contributed by atoms with Crippen molar-refractivity contribution in [3.8, 4) is 0 Å². The van der Waals surface area contributed by atoms with Crippen molar-refractivity contribution >= 4 is 69.5 Å². The SMILES string of the molecule is O=C(CCl)Nc1nc(CC(=O)N[C@@H]2C(=O)N3[C@@H]2SC[C@@H]2CC(=O)O[C@@]23C(=O)O)cs1. The van der Waals surface area contributed by atoms with Crippen LogP contribution in [0.2, 0.25) is 0 Å². The predicted molar refractivity (Wildman–Crippen MR) is 105 cm³/mol. The number of anilines is 1. The monoisotopic (exact) mass is 474 g/mol. The molecule has 0 saturated carbocycles. The summed E-state index contributed by atoms with van der Waals surface area (Å²) in [4.78, 5) is 65.1. The van der Waals surface area contributed by atoms with E-state index >= 15 is 0 Å². The number of β-lactam (4-membered cyclic amide) rings is 1. The van der Waals surface area contributed by atoms with Crippen LogP contribution in [0.3, 0.4) is 0 Å². The van der Waals surface area contributed by atoms with E-state index in [0.717, 1.165) is 16.2 Å². The van der Waals surface area contributed by atoms with Crippen LogP contribution in [-0.4, -0.2) is 73.4 Å². The molecule has 4 atom stereocenters. The minimum absolute atomic E-state index is 0.0702. The topological polar surface area (TPSA) is 155 Å². The first-order valence-corrected chi connectivity index (χ1v) is 11.2. The second kappa shape index (κ2) is 7.71. The number of halogens is 1. The average molecular weight is 475 g/mol. The first kappa shape index (κ1) is 20.9. The number of carbonyl (C=O) groups is 5. The number of alkyl halides is 1.